The molecule has 0 aromatic heterocycles. The zero-order chi connectivity index (χ0) is 16.1. The van der Waals surface area contributed by atoms with Crippen LogP contribution in [0.25, 0.3) is 0 Å². The van der Waals surface area contributed by atoms with E-state index in [1.165, 1.54) is 5.56 Å². The van der Waals surface area contributed by atoms with E-state index < -0.39 is 0 Å². The van der Waals surface area contributed by atoms with Crippen LogP contribution in [0.3, 0.4) is 0 Å². The summed E-state index contributed by atoms with van der Waals surface area (Å²) in [5.41, 5.74) is 1.18. The molecular formula is C18H27ClN2O. The van der Waals surface area contributed by atoms with Crippen LogP contribution in [-0.2, 0) is 4.79 Å². The highest BCUT2D eigenvalue weighted by Gasteiger charge is 2.29. The molecule has 4 heteroatoms. The highest BCUT2D eigenvalue weighted by atomic mass is 35.5. The molecule has 1 fully saturated rings. The van der Waals surface area contributed by atoms with Gasteiger partial charge >= 0.3 is 0 Å². The summed E-state index contributed by atoms with van der Waals surface area (Å²) < 4.78 is 0. The fraction of sp³-hybridized carbons (Fsp3) is 0.611. The SMILES string of the molecule is CCN(CC)C(=O)C1CCN(C(C)c2ccccc2Cl)CC1. The van der Waals surface area contributed by atoms with Crippen LogP contribution in [0.2, 0.25) is 5.02 Å². The van der Waals surface area contributed by atoms with Crippen molar-refractivity contribution in [3.63, 3.8) is 0 Å². The lowest BCUT2D eigenvalue weighted by Gasteiger charge is -2.37. The Bertz CT molecular complexity index is 494. The molecule has 122 valence electrons. The zero-order valence-electron chi connectivity index (χ0n) is 13.9. The molecule has 0 aliphatic carbocycles. The minimum Gasteiger partial charge on any atom is -0.343 e. The van der Waals surface area contributed by atoms with Crippen LogP contribution >= 0.6 is 11.6 Å². The molecule has 1 unspecified atom stereocenters. The summed E-state index contributed by atoms with van der Waals surface area (Å²) in [6.45, 7) is 9.85. The first-order valence-electron chi connectivity index (χ1n) is 8.35. The van der Waals surface area contributed by atoms with Crippen molar-refractivity contribution < 1.29 is 4.79 Å². The molecule has 1 amide bonds. The standard InChI is InChI=1S/C18H27ClN2O/c1-4-20(5-2)18(22)15-10-12-21(13-11-15)14(3)16-8-6-7-9-17(16)19/h6-9,14-15H,4-5,10-13H2,1-3H3. The first-order chi connectivity index (χ1) is 10.6. The van der Waals surface area contributed by atoms with Crippen LogP contribution in [0.1, 0.15) is 45.2 Å². The van der Waals surface area contributed by atoms with Gasteiger partial charge in [0.1, 0.15) is 0 Å². The summed E-state index contributed by atoms with van der Waals surface area (Å²) in [5.74, 6) is 0.518. The molecule has 1 aliphatic heterocycles. The van der Waals surface area contributed by atoms with Gasteiger partial charge in [0.25, 0.3) is 0 Å². The van der Waals surface area contributed by atoms with Crippen LogP contribution < -0.4 is 0 Å². The Hall–Kier alpha value is -1.06. The van der Waals surface area contributed by atoms with Crippen molar-refractivity contribution in [2.24, 2.45) is 5.92 Å². The normalized spacial score (nSPS) is 18.2. The number of carbonyl (C=O) groups is 1. The van der Waals surface area contributed by atoms with Gasteiger partial charge in [-0.2, -0.15) is 0 Å². The number of amides is 1. The molecule has 1 heterocycles. The highest BCUT2D eigenvalue weighted by Crippen LogP contribution is 2.31. The number of likely N-dealkylation sites (tertiary alicyclic amines) is 1. The first-order valence-corrected chi connectivity index (χ1v) is 8.73. The number of halogens is 1. The van der Waals surface area contributed by atoms with Crippen LogP contribution in [0.5, 0.6) is 0 Å². The largest absolute Gasteiger partial charge is 0.343 e. The van der Waals surface area contributed by atoms with Crippen molar-refractivity contribution in [2.75, 3.05) is 26.2 Å². The number of benzene rings is 1. The van der Waals surface area contributed by atoms with Gasteiger partial charge in [-0.3, -0.25) is 9.69 Å². The monoisotopic (exact) mass is 322 g/mol. The second-order valence-corrected chi connectivity index (χ2v) is 6.43. The topological polar surface area (TPSA) is 23.6 Å². The van der Waals surface area contributed by atoms with Gasteiger partial charge in [0, 0.05) is 30.1 Å². The Morgan fingerprint density at radius 3 is 2.41 bits per heavy atom. The van der Waals surface area contributed by atoms with Gasteiger partial charge in [-0.25, -0.2) is 0 Å². The maximum absolute atomic E-state index is 12.4. The molecule has 0 bridgehead atoms. The summed E-state index contributed by atoms with van der Waals surface area (Å²) in [4.78, 5) is 16.8. The molecule has 3 nitrogen and oxygen atoms in total. The molecule has 0 radical (unpaired) electrons. The lowest BCUT2D eigenvalue weighted by molar-refractivity contribution is -0.136. The molecule has 22 heavy (non-hydrogen) atoms. The molecule has 1 saturated heterocycles. The van der Waals surface area contributed by atoms with E-state index >= 15 is 0 Å². The fourth-order valence-electron chi connectivity index (χ4n) is 3.34. The Kier molecular flexibility index (Phi) is 6.27. The third-order valence-corrected chi connectivity index (χ3v) is 5.20. The van der Waals surface area contributed by atoms with Crippen molar-refractivity contribution in [1.29, 1.82) is 0 Å². The van der Waals surface area contributed by atoms with E-state index in [1.54, 1.807) is 0 Å². The predicted molar refractivity (Wildman–Crippen MR) is 92.1 cm³/mol. The number of piperidine rings is 1. The average Bonchev–Trinajstić information content (AvgIpc) is 2.56. The van der Waals surface area contributed by atoms with E-state index in [9.17, 15) is 4.79 Å². The number of rotatable bonds is 5. The molecule has 0 N–H and O–H groups in total. The first kappa shape index (κ1) is 17.3. The minimum absolute atomic E-state index is 0.189. The molecule has 1 aromatic rings. The van der Waals surface area contributed by atoms with Crippen molar-refractivity contribution in [2.45, 2.75) is 39.7 Å². The van der Waals surface area contributed by atoms with Crippen LogP contribution in [0.4, 0.5) is 0 Å². The van der Waals surface area contributed by atoms with E-state index in [4.69, 9.17) is 11.6 Å². The molecule has 1 aromatic carbocycles. The zero-order valence-corrected chi connectivity index (χ0v) is 14.6. The second kappa shape index (κ2) is 7.98. The molecule has 2 rings (SSSR count). The Morgan fingerprint density at radius 1 is 1.27 bits per heavy atom. The number of carbonyl (C=O) groups excluding carboxylic acids is 1. The second-order valence-electron chi connectivity index (χ2n) is 6.02. The van der Waals surface area contributed by atoms with E-state index in [-0.39, 0.29) is 5.92 Å². The van der Waals surface area contributed by atoms with Crippen LogP contribution in [-0.4, -0.2) is 41.9 Å². The summed E-state index contributed by atoms with van der Waals surface area (Å²) in [5, 5.41) is 0.830. The molecule has 1 atom stereocenters. The summed E-state index contributed by atoms with van der Waals surface area (Å²) in [6.07, 6.45) is 1.90. The minimum atomic E-state index is 0.189. The van der Waals surface area contributed by atoms with E-state index in [2.05, 4.69) is 31.7 Å². The quantitative estimate of drug-likeness (QED) is 0.818. The van der Waals surface area contributed by atoms with Gasteiger partial charge in [0.2, 0.25) is 5.91 Å². The number of hydrogen-bond acceptors (Lipinski definition) is 2. The summed E-state index contributed by atoms with van der Waals surface area (Å²) in [6, 6.07) is 8.35. The maximum atomic E-state index is 12.4. The Labute approximate surface area is 139 Å². The molecule has 0 saturated carbocycles. The van der Waals surface area contributed by atoms with Gasteiger partial charge in [0.15, 0.2) is 0 Å². The van der Waals surface area contributed by atoms with Gasteiger partial charge in [-0.05, 0) is 58.3 Å². The predicted octanol–water partition coefficient (Wildman–Crippen LogP) is 3.98. The lowest BCUT2D eigenvalue weighted by atomic mass is 9.93. The van der Waals surface area contributed by atoms with Crippen LogP contribution in [0.15, 0.2) is 24.3 Å². The summed E-state index contributed by atoms with van der Waals surface area (Å²) >= 11 is 6.31. The van der Waals surface area contributed by atoms with Crippen molar-refractivity contribution in [1.82, 2.24) is 9.80 Å². The number of nitrogens with zero attached hydrogens (tertiary/aromatic N) is 2. The summed E-state index contributed by atoms with van der Waals surface area (Å²) in [7, 11) is 0. The van der Waals surface area contributed by atoms with Gasteiger partial charge < -0.3 is 4.90 Å². The molecule has 0 spiro atoms. The lowest BCUT2D eigenvalue weighted by Crippen LogP contribution is -2.43. The molecule has 1 aliphatic rings. The average molecular weight is 323 g/mol. The van der Waals surface area contributed by atoms with Gasteiger partial charge in [-0.15, -0.1) is 0 Å². The maximum Gasteiger partial charge on any atom is 0.225 e. The Balaban J connectivity index is 1.95. The third-order valence-electron chi connectivity index (χ3n) is 4.86. The van der Waals surface area contributed by atoms with Crippen LogP contribution in [0, 0.1) is 5.92 Å². The van der Waals surface area contributed by atoms with Crippen molar-refractivity contribution in [3.05, 3.63) is 34.9 Å². The van der Waals surface area contributed by atoms with Gasteiger partial charge in [-0.1, -0.05) is 29.8 Å². The van der Waals surface area contributed by atoms with E-state index in [1.807, 2.05) is 23.1 Å². The van der Waals surface area contributed by atoms with E-state index in [0.717, 1.165) is 44.0 Å². The third kappa shape index (κ3) is 3.82. The van der Waals surface area contributed by atoms with E-state index in [0.29, 0.717) is 11.9 Å². The molecular weight excluding hydrogens is 296 g/mol. The smallest absolute Gasteiger partial charge is 0.225 e. The van der Waals surface area contributed by atoms with Crippen molar-refractivity contribution >= 4 is 17.5 Å². The Morgan fingerprint density at radius 2 is 1.86 bits per heavy atom. The van der Waals surface area contributed by atoms with Gasteiger partial charge in [0.05, 0.1) is 0 Å². The van der Waals surface area contributed by atoms with Crippen molar-refractivity contribution in [3.8, 4) is 0 Å². The number of hydrogen-bond donors (Lipinski definition) is 0. The highest BCUT2D eigenvalue weighted by molar-refractivity contribution is 6.31. The fourth-order valence-corrected chi connectivity index (χ4v) is 3.63.